The van der Waals surface area contributed by atoms with Crippen LogP contribution in [0.4, 0.5) is 0 Å². The number of rotatable bonds is 2. The van der Waals surface area contributed by atoms with Gasteiger partial charge in [-0.25, -0.2) is 0 Å². The van der Waals surface area contributed by atoms with E-state index in [-0.39, 0.29) is 12.1 Å². The zero-order valence-electron chi connectivity index (χ0n) is 13.6. The average Bonchev–Trinajstić information content (AvgIpc) is 2.61. The lowest BCUT2D eigenvalue weighted by Gasteiger charge is -2.33. The number of hydrogen-bond donors (Lipinski definition) is 1. The van der Waals surface area contributed by atoms with Gasteiger partial charge in [0.15, 0.2) is 0 Å². The van der Waals surface area contributed by atoms with Crippen LogP contribution in [0.25, 0.3) is 10.8 Å². The van der Waals surface area contributed by atoms with Crippen molar-refractivity contribution in [2.45, 2.75) is 18.6 Å². The summed E-state index contributed by atoms with van der Waals surface area (Å²) >= 11 is 12.4. The molecule has 0 saturated heterocycles. The standard InChI is InChI=1S/C20H17Cl2NO2/c1-24-13-5-2-11-3-7-19-16(15(11)9-13)10-18(23)20(25-19)14-6-4-12(21)8-17(14)22/h2-9,18,20H,10,23H2,1H3/t18?,20-/m1/s1. The lowest BCUT2D eigenvalue weighted by molar-refractivity contribution is 0.154. The number of ether oxygens (including phenoxy) is 2. The molecular formula is C20H17Cl2NO2. The van der Waals surface area contributed by atoms with Gasteiger partial charge in [-0.05, 0) is 47.5 Å². The van der Waals surface area contributed by atoms with E-state index in [1.165, 1.54) is 0 Å². The highest BCUT2D eigenvalue weighted by molar-refractivity contribution is 6.35. The first-order valence-corrected chi connectivity index (χ1v) is 8.79. The predicted molar refractivity (Wildman–Crippen MR) is 102 cm³/mol. The Morgan fingerprint density at radius 1 is 1.08 bits per heavy atom. The Bertz CT molecular complexity index is 958. The zero-order valence-corrected chi connectivity index (χ0v) is 15.1. The lowest BCUT2D eigenvalue weighted by atomic mass is 9.90. The van der Waals surface area contributed by atoms with Gasteiger partial charge in [-0.3, -0.25) is 0 Å². The number of hydrogen-bond acceptors (Lipinski definition) is 3. The van der Waals surface area contributed by atoms with Crippen LogP contribution in [0, 0.1) is 0 Å². The second-order valence-corrected chi connectivity index (χ2v) is 7.05. The van der Waals surface area contributed by atoms with Crippen molar-refractivity contribution < 1.29 is 9.47 Å². The minimum atomic E-state index is -0.305. The van der Waals surface area contributed by atoms with Gasteiger partial charge in [0, 0.05) is 21.2 Å². The van der Waals surface area contributed by atoms with E-state index >= 15 is 0 Å². The predicted octanol–water partition coefficient (Wildman–Crippen LogP) is 5.16. The van der Waals surface area contributed by atoms with E-state index in [9.17, 15) is 0 Å². The summed E-state index contributed by atoms with van der Waals surface area (Å²) in [7, 11) is 1.66. The highest BCUT2D eigenvalue weighted by Crippen LogP contribution is 2.41. The summed E-state index contributed by atoms with van der Waals surface area (Å²) in [6.07, 6.45) is 0.393. The largest absolute Gasteiger partial charge is 0.497 e. The average molecular weight is 374 g/mol. The molecule has 4 rings (SSSR count). The zero-order chi connectivity index (χ0) is 17.6. The molecule has 1 unspecified atom stereocenters. The van der Waals surface area contributed by atoms with Crippen molar-refractivity contribution in [1.82, 2.24) is 0 Å². The van der Waals surface area contributed by atoms with Crippen molar-refractivity contribution >= 4 is 34.0 Å². The first-order chi connectivity index (χ1) is 12.1. The van der Waals surface area contributed by atoms with Gasteiger partial charge < -0.3 is 15.2 Å². The number of halogens is 2. The van der Waals surface area contributed by atoms with E-state index in [0.717, 1.165) is 33.4 Å². The third-order valence-electron chi connectivity index (χ3n) is 4.65. The summed E-state index contributed by atoms with van der Waals surface area (Å²) < 4.78 is 11.6. The highest BCUT2D eigenvalue weighted by atomic mass is 35.5. The van der Waals surface area contributed by atoms with Crippen molar-refractivity contribution in [2.24, 2.45) is 5.73 Å². The molecule has 5 heteroatoms. The Hall–Kier alpha value is -1.94. The van der Waals surface area contributed by atoms with Crippen LogP contribution in [0.15, 0.2) is 48.5 Å². The van der Waals surface area contributed by atoms with Gasteiger partial charge in [0.1, 0.15) is 17.6 Å². The molecule has 0 aliphatic carbocycles. The number of benzene rings is 3. The molecule has 3 aromatic rings. The van der Waals surface area contributed by atoms with Gasteiger partial charge in [0.05, 0.1) is 13.2 Å². The molecule has 0 fully saturated rings. The molecule has 0 aromatic heterocycles. The van der Waals surface area contributed by atoms with Crippen LogP contribution < -0.4 is 15.2 Å². The van der Waals surface area contributed by atoms with E-state index in [1.807, 2.05) is 36.4 Å². The fourth-order valence-electron chi connectivity index (χ4n) is 3.38. The molecule has 3 aromatic carbocycles. The fourth-order valence-corrected chi connectivity index (χ4v) is 3.90. The summed E-state index contributed by atoms with van der Waals surface area (Å²) in [5.41, 5.74) is 8.41. The molecule has 1 aliphatic heterocycles. The van der Waals surface area contributed by atoms with Crippen molar-refractivity contribution in [3.63, 3.8) is 0 Å². The van der Waals surface area contributed by atoms with Gasteiger partial charge in [0.2, 0.25) is 0 Å². The summed E-state index contributed by atoms with van der Waals surface area (Å²) in [5, 5.41) is 3.40. The van der Waals surface area contributed by atoms with Crippen LogP contribution in [0.1, 0.15) is 17.2 Å². The number of methoxy groups -OCH3 is 1. The van der Waals surface area contributed by atoms with Crippen molar-refractivity contribution in [1.29, 1.82) is 0 Å². The van der Waals surface area contributed by atoms with E-state index in [0.29, 0.717) is 16.5 Å². The van der Waals surface area contributed by atoms with Crippen LogP contribution in [-0.4, -0.2) is 13.2 Å². The molecule has 1 aliphatic rings. The molecule has 2 atom stereocenters. The molecule has 1 heterocycles. The van der Waals surface area contributed by atoms with Crippen LogP contribution in [0.3, 0.4) is 0 Å². The van der Waals surface area contributed by atoms with Gasteiger partial charge in [-0.2, -0.15) is 0 Å². The van der Waals surface area contributed by atoms with Gasteiger partial charge in [0.25, 0.3) is 0 Å². The monoisotopic (exact) mass is 373 g/mol. The summed E-state index contributed by atoms with van der Waals surface area (Å²) in [6, 6.07) is 15.3. The molecule has 3 nitrogen and oxygen atoms in total. The summed E-state index contributed by atoms with van der Waals surface area (Å²) in [4.78, 5) is 0. The fraction of sp³-hybridized carbons (Fsp3) is 0.200. The maximum absolute atomic E-state index is 6.45. The molecule has 0 spiro atoms. The third kappa shape index (κ3) is 2.93. The molecule has 0 saturated carbocycles. The summed E-state index contributed by atoms with van der Waals surface area (Å²) in [6.45, 7) is 0. The first-order valence-electron chi connectivity index (χ1n) is 8.03. The van der Waals surface area contributed by atoms with E-state index in [1.54, 1.807) is 19.2 Å². The maximum Gasteiger partial charge on any atom is 0.141 e. The highest BCUT2D eigenvalue weighted by Gasteiger charge is 2.31. The van der Waals surface area contributed by atoms with E-state index in [2.05, 4.69) is 0 Å². The number of fused-ring (bicyclic) bond motifs is 3. The second-order valence-electron chi connectivity index (χ2n) is 6.20. The topological polar surface area (TPSA) is 44.5 Å². The molecule has 25 heavy (non-hydrogen) atoms. The summed E-state index contributed by atoms with van der Waals surface area (Å²) in [5.74, 6) is 1.65. The molecular weight excluding hydrogens is 357 g/mol. The first kappa shape index (κ1) is 16.5. The Kier molecular flexibility index (Phi) is 4.24. The Balaban J connectivity index is 1.79. The van der Waals surface area contributed by atoms with Crippen LogP contribution in [-0.2, 0) is 6.42 Å². The van der Waals surface area contributed by atoms with Crippen LogP contribution in [0.2, 0.25) is 10.0 Å². The smallest absolute Gasteiger partial charge is 0.141 e. The minimum Gasteiger partial charge on any atom is -0.497 e. The minimum absolute atomic E-state index is 0.206. The van der Waals surface area contributed by atoms with Crippen LogP contribution >= 0.6 is 23.2 Å². The Labute approximate surface area is 156 Å². The maximum atomic E-state index is 6.45. The van der Waals surface area contributed by atoms with Crippen molar-refractivity contribution in [2.75, 3.05) is 7.11 Å². The van der Waals surface area contributed by atoms with Gasteiger partial charge in [-0.1, -0.05) is 41.4 Å². The van der Waals surface area contributed by atoms with Gasteiger partial charge >= 0.3 is 0 Å². The lowest BCUT2D eigenvalue weighted by Crippen LogP contribution is -2.37. The van der Waals surface area contributed by atoms with Gasteiger partial charge in [-0.15, -0.1) is 0 Å². The third-order valence-corrected chi connectivity index (χ3v) is 5.21. The molecule has 2 N–H and O–H groups in total. The normalized spacial score (nSPS) is 19.4. The SMILES string of the molecule is COc1ccc2ccc3c(c2c1)CC(N)[C@@H](c1ccc(Cl)cc1Cl)O3. The van der Waals surface area contributed by atoms with E-state index in [4.69, 9.17) is 38.4 Å². The molecule has 0 bridgehead atoms. The molecule has 0 amide bonds. The van der Waals surface area contributed by atoms with Crippen molar-refractivity contribution in [3.8, 4) is 11.5 Å². The quantitative estimate of drug-likeness (QED) is 0.674. The molecule has 128 valence electrons. The second kappa shape index (κ2) is 6.41. The molecule has 0 radical (unpaired) electrons. The Morgan fingerprint density at radius 2 is 1.88 bits per heavy atom. The van der Waals surface area contributed by atoms with E-state index < -0.39 is 0 Å². The van der Waals surface area contributed by atoms with Crippen LogP contribution in [0.5, 0.6) is 11.5 Å². The Morgan fingerprint density at radius 3 is 2.64 bits per heavy atom. The van der Waals surface area contributed by atoms with Crippen molar-refractivity contribution in [3.05, 3.63) is 69.7 Å². The number of nitrogens with two attached hydrogens (primary N) is 1.